The fourth-order valence-corrected chi connectivity index (χ4v) is 0.910. The molecule has 1 rings (SSSR count). The van der Waals surface area contributed by atoms with Gasteiger partial charge in [0.15, 0.2) is 5.78 Å². The first kappa shape index (κ1) is 10.7. The van der Waals surface area contributed by atoms with E-state index in [1.54, 1.807) is 0 Å². The zero-order valence-electron chi connectivity index (χ0n) is 7.83. The number of nitrogens with zero attached hydrogens (tertiary/aromatic N) is 1. The predicted molar refractivity (Wildman–Crippen MR) is 59.0 cm³/mol. The van der Waals surface area contributed by atoms with Crippen molar-refractivity contribution in [2.45, 2.75) is 6.92 Å². The van der Waals surface area contributed by atoms with Gasteiger partial charge in [0.05, 0.1) is 17.8 Å². The van der Waals surface area contributed by atoms with Gasteiger partial charge >= 0.3 is 0 Å². The molecule has 1 aromatic rings. The SMILES string of the molecule is Cc1ccc(N/N=C/C(=O)CCl)cc1. The number of benzene rings is 1. The minimum absolute atomic E-state index is 0.0426. The number of carbonyl (C=O) groups excluding carboxylic acids is 1. The van der Waals surface area contributed by atoms with Gasteiger partial charge in [-0.2, -0.15) is 5.10 Å². The van der Waals surface area contributed by atoms with Crippen LogP contribution in [0.15, 0.2) is 29.4 Å². The fourth-order valence-electron chi connectivity index (χ4n) is 0.841. The quantitative estimate of drug-likeness (QED) is 0.470. The van der Waals surface area contributed by atoms with Crippen molar-refractivity contribution in [3.8, 4) is 0 Å². The predicted octanol–water partition coefficient (Wildman–Crippen LogP) is 2.20. The van der Waals surface area contributed by atoms with Crippen molar-refractivity contribution >= 4 is 29.3 Å². The van der Waals surface area contributed by atoms with E-state index in [1.165, 1.54) is 11.8 Å². The average molecular weight is 211 g/mol. The van der Waals surface area contributed by atoms with E-state index in [0.717, 1.165) is 5.69 Å². The second kappa shape index (κ2) is 5.40. The molecule has 0 aliphatic carbocycles. The number of ketones is 1. The zero-order chi connectivity index (χ0) is 10.4. The number of rotatable bonds is 4. The summed E-state index contributed by atoms with van der Waals surface area (Å²) in [7, 11) is 0. The van der Waals surface area contributed by atoms with E-state index in [4.69, 9.17) is 11.6 Å². The van der Waals surface area contributed by atoms with Crippen molar-refractivity contribution < 1.29 is 4.79 Å². The van der Waals surface area contributed by atoms with Crippen LogP contribution < -0.4 is 5.43 Å². The first-order valence-corrected chi connectivity index (χ1v) is 4.70. The molecule has 0 spiro atoms. The third-order valence-corrected chi connectivity index (χ3v) is 1.85. The Balaban J connectivity index is 2.49. The number of nitrogens with one attached hydrogen (secondary N) is 1. The lowest BCUT2D eigenvalue weighted by Crippen LogP contribution is -2.02. The van der Waals surface area contributed by atoms with Gasteiger partial charge in [-0.3, -0.25) is 10.2 Å². The molecule has 0 heterocycles. The Hall–Kier alpha value is -1.35. The smallest absolute Gasteiger partial charge is 0.190 e. The van der Waals surface area contributed by atoms with Crippen molar-refractivity contribution in [3.63, 3.8) is 0 Å². The van der Waals surface area contributed by atoms with Crippen LogP contribution in [-0.4, -0.2) is 17.9 Å². The Morgan fingerprint density at radius 3 is 2.71 bits per heavy atom. The van der Waals surface area contributed by atoms with Crippen LogP contribution >= 0.6 is 11.6 Å². The Morgan fingerprint density at radius 1 is 1.50 bits per heavy atom. The summed E-state index contributed by atoms with van der Waals surface area (Å²) in [6, 6.07) is 7.69. The Kier molecular flexibility index (Phi) is 4.13. The lowest BCUT2D eigenvalue weighted by Gasteiger charge is -1.99. The van der Waals surface area contributed by atoms with Crippen LogP contribution in [0.1, 0.15) is 5.56 Å². The third-order valence-electron chi connectivity index (χ3n) is 1.59. The van der Waals surface area contributed by atoms with E-state index in [0.29, 0.717) is 0 Å². The minimum atomic E-state index is -0.216. The summed E-state index contributed by atoms with van der Waals surface area (Å²) in [6.07, 6.45) is 1.17. The van der Waals surface area contributed by atoms with E-state index in [9.17, 15) is 4.79 Å². The van der Waals surface area contributed by atoms with Gasteiger partial charge < -0.3 is 0 Å². The molecule has 0 aromatic heterocycles. The molecule has 0 saturated heterocycles. The van der Waals surface area contributed by atoms with Crippen LogP contribution in [0.4, 0.5) is 5.69 Å². The van der Waals surface area contributed by atoms with Crippen molar-refractivity contribution in [1.29, 1.82) is 0 Å². The number of hydrazone groups is 1. The molecule has 1 N–H and O–H groups in total. The van der Waals surface area contributed by atoms with E-state index in [1.807, 2.05) is 31.2 Å². The number of hydrogen-bond acceptors (Lipinski definition) is 3. The Morgan fingerprint density at radius 2 is 2.14 bits per heavy atom. The number of halogens is 1. The van der Waals surface area contributed by atoms with Crippen LogP contribution in [0.3, 0.4) is 0 Å². The summed E-state index contributed by atoms with van der Waals surface area (Å²) in [5, 5.41) is 3.73. The molecule has 3 nitrogen and oxygen atoms in total. The normalized spacial score (nSPS) is 10.4. The molecule has 4 heteroatoms. The van der Waals surface area contributed by atoms with Gasteiger partial charge in [0.1, 0.15) is 0 Å². The maximum atomic E-state index is 10.7. The van der Waals surface area contributed by atoms with Crippen molar-refractivity contribution in [1.82, 2.24) is 0 Å². The molecule has 0 unspecified atom stereocenters. The lowest BCUT2D eigenvalue weighted by atomic mass is 10.2. The van der Waals surface area contributed by atoms with E-state index < -0.39 is 0 Å². The van der Waals surface area contributed by atoms with Crippen LogP contribution in [0.2, 0.25) is 0 Å². The molecule has 0 fully saturated rings. The summed E-state index contributed by atoms with van der Waals surface area (Å²) in [5.41, 5.74) is 4.75. The molecule has 1 aromatic carbocycles. The molecule has 0 aliphatic heterocycles. The highest BCUT2D eigenvalue weighted by atomic mass is 35.5. The number of alkyl halides is 1. The average Bonchev–Trinajstić information content (AvgIpc) is 2.21. The summed E-state index contributed by atoms with van der Waals surface area (Å²) in [5.74, 6) is -0.259. The van der Waals surface area contributed by atoms with Gasteiger partial charge in [-0.25, -0.2) is 0 Å². The molecule has 0 saturated carbocycles. The highest BCUT2D eigenvalue weighted by molar-refractivity contribution is 6.41. The van der Waals surface area contributed by atoms with Gasteiger partial charge in [0.25, 0.3) is 0 Å². The Labute approximate surface area is 87.8 Å². The molecular weight excluding hydrogens is 200 g/mol. The monoisotopic (exact) mass is 210 g/mol. The van der Waals surface area contributed by atoms with Crippen molar-refractivity contribution in [2.75, 3.05) is 11.3 Å². The fraction of sp³-hybridized carbons (Fsp3) is 0.200. The molecule has 74 valence electrons. The van der Waals surface area contributed by atoms with E-state index in [2.05, 4.69) is 10.5 Å². The minimum Gasteiger partial charge on any atom is -0.292 e. The summed E-state index contributed by atoms with van der Waals surface area (Å²) >= 11 is 5.29. The third kappa shape index (κ3) is 3.58. The number of Topliss-reactive ketones (excluding diaryl/α,β-unsaturated/α-hetero) is 1. The molecule has 14 heavy (non-hydrogen) atoms. The molecule has 0 aliphatic rings. The van der Waals surface area contributed by atoms with Crippen molar-refractivity contribution in [2.24, 2.45) is 5.10 Å². The van der Waals surface area contributed by atoms with Gasteiger partial charge in [0.2, 0.25) is 0 Å². The number of aryl methyl sites for hydroxylation is 1. The van der Waals surface area contributed by atoms with Crippen LogP contribution in [0.5, 0.6) is 0 Å². The maximum Gasteiger partial charge on any atom is 0.190 e. The van der Waals surface area contributed by atoms with Gasteiger partial charge in [-0.15, -0.1) is 11.6 Å². The summed E-state index contributed by atoms with van der Waals surface area (Å²) in [6.45, 7) is 2.00. The molecule has 0 amide bonds. The number of anilines is 1. The number of hydrogen-bond donors (Lipinski definition) is 1. The first-order chi connectivity index (χ1) is 6.72. The standard InChI is InChI=1S/C10H11ClN2O/c1-8-2-4-9(5-3-8)13-12-7-10(14)6-11/h2-5,7,13H,6H2,1H3/b12-7+. The largest absolute Gasteiger partial charge is 0.292 e. The Bertz CT molecular complexity index is 332. The second-order valence-electron chi connectivity index (χ2n) is 2.84. The molecule has 0 atom stereocenters. The summed E-state index contributed by atoms with van der Waals surface area (Å²) in [4.78, 5) is 10.7. The zero-order valence-corrected chi connectivity index (χ0v) is 8.58. The number of carbonyl (C=O) groups is 1. The van der Waals surface area contributed by atoms with Crippen LogP contribution in [0, 0.1) is 6.92 Å². The van der Waals surface area contributed by atoms with Gasteiger partial charge in [-0.05, 0) is 19.1 Å². The second-order valence-corrected chi connectivity index (χ2v) is 3.10. The van der Waals surface area contributed by atoms with E-state index >= 15 is 0 Å². The lowest BCUT2D eigenvalue weighted by molar-refractivity contribution is -0.110. The van der Waals surface area contributed by atoms with Crippen LogP contribution in [-0.2, 0) is 4.79 Å². The molecule has 0 radical (unpaired) electrons. The highest BCUT2D eigenvalue weighted by Gasteiger charge is 1.92. The maximum absolute atomic E-state index is 10.7. The van der Waals surface area contributed by atoms with E-state index in [-0.39, 0.29) is 11.7 Å². The van der Waals surface area contributed by atoms with Crippen molar-refractivity contribution in [3.05, 3.63) is 29.8 Å². The summed E-state index contributed by atoms with van der Waals surface area (Å²) < 4.78 is 0. The topological polar surface area (TPSA) is 41.5 Å². The van der Waals surface area contributed by atoms with Gasteiger partial charge in [-0.1, -0.05) is 17.7 Å². The molecular formula is C10H11ClN2O. The highest BCUT2D eigenvalue weighted by Crippen LogP contribution is 2.07. The van der Waals surface area contributed by atoms with Gasteiger partial charge in [0, 0.05) is 0 Å². The first-order valence-electron chi connectivity index (χ1n) is 4.17. The van der Waals surface area contributed by atoms with Crippen LogP contribution in [0.25, 0.3) is 0 Å². The molecule has 0 bridgehead atoms.